The third-order valence-electron chi connectivity index (χ3n) is 5.64. The van der Waals surface area contributed by atoms with Crippen LogP contribution in [0, 0.1) is 0 Å². The van der Waals surface area contributed by atoms with Crippen LogP contribution in [0.5, 0.6) is 0 Å². The molecule has 1 saturated carbocycles. The highest BCUT2D eigenvalue weighted by atomic mass is 16.5. The third-order valence-corrected chi connectivity index (χ3v) is 5.64. The number of carbonyl (C=O) groups excluding carboxylic acids is 1. The molecule has 4 rings (SSSR count). The molecule has 1 fully saturated rings. The quantitative estimate of drug-likeness (QED) is 0.669. The van der Waals surface area contributed by atoms with E-state index in [2.05, 4.69) is 39.7 Å². The van der Waals surface area contributed by atoms with Gasteiger partial charge in [0.25, 0.3) is 0 Å². The zero-order chi connectivity index (χ0) is 19.2. The molecule has 1 heterocycles. The Morgan fingerprint density at radius 3 is 2.39 bits per heavy atom. The summed E-state index contributed by atoms with van der Waals surface area (Å²) in [5.74, 6) is 1.08. The number of amides is 1. The zero-order valence-corrected chi connectivity index (χ0v) is 15.9. The fourth-order valence-electron chi connectivity index (χ4n) is 4.05. The van der Waals surface area contributed by atoms with Gasteiger partial charge in [0.05, 0.1) is 0 Å². The number of hydrogen-bond acceptors (Lipinski definition) is 4. The van der Waals surface area contributed by atoms with Gasteiger partial charge in [-0.25, -0.2) is 0 Å². The molecule has 1 aromatic heterocycles. The van der Waals surface area contributed by atoms with E-state index in [1.54, 1.807) is 0 Å². The predicted molar refractivity (Wildman–Crippen MR) is 108 cm³/mol. The Hall–Kier alpha value is -2.95. The Balaban J connectivity index is 1.32. The first kappa shape index (κ1) is 18.4. The summed E-state index contributed by atoms with van der Waals surface area (Å²) in [4.78, 5) is 16.8. The van der Waals surface area contributed by atoms with Gasteiger partial charge < -0.3 is 9.84 Å². The van der Waals surface area contributed by atoms with E-state index in [9.17, 15) is 4.79 Å². The van der Waals surface area contributed by atoms with Crippen molar-refractivity contribution in [2.24, 2.45) is 0 Å². The Labute approximate surface area is 165 Å². The highest BCUT2D eigenvalue weighted by molar-refractivity contribution is 5.76. The van der Waals surface area contributed by atoms with Gasteiger partial charge in [-0.3, -0.25) is 4.79 Å². The minimum absolute atomic E-state index is 0.0293. The summed E-state index contributed by atoms with van der Waals surface area (Å²) >= 11 is 0. The average Bonchev–Trinajstić information content (AvgIpc) is 3.43. The van der Waals surface area contributed by atoms with Crippen LogP contribution in [0.3, 0.4) is 0 Å². The number of rotatable bonds is 7. The van der Waals surface area contributed by atoms with Crippen molar-refractivity contribution in [2.45, 2.75) is 43.9 Å². The molecule has 5 heteroatoms. The summed E-state index contributed by atoms with van der Waals surface area (Å²) in [5.41, 5.74) is 2.31. The Bertz CT molecular complexity index is 900. The van der Waals surface area contributed by atoms with E-state index < -0.39 is 0 Å². The number of aromatic nitrogens is 2. The summed E-state index contributed by atoms with van der Waals surface area (Å²) in [5, 5.41) is 7.15. The van der Waals surface area contributed by atoms with Crippen molar-refractivity contribution in [1.82, 2.24) is 15.5 Å². The van der Waals surface area contributed by atoms with E-state index in [0.717, 1.165) is 18.4 Å². The molecule has 0 saturated heterocycles. The standard InChI is InChI=1S/C23H25N3O2/c27-20(13-14-21-25-22(26-28-21)18-9-3-1-4-10-18)24-17-23(15-7-8-16-23)19-11-5-2-6-12-19/h1-6,9-12H,7-8,13-17H2,(H,24,27). The molecule has 2 aromatic carbocycles. The van der Waals surface area contributed by atoms with Gasteiger partial charge in [0.2, 0.25) is 17.6 Å². The van der Waals surface area contributed by atoms with Crippen molar-refractivity contribution in [1.29, 1.82) is 0 Å². The molecular formula is C23H25N3O2. The molecular weight excluding hydrogens is 350 g/mol. The predicted octanol–water partition coefficient (Wildman–Crippen LogP) is 4.30. The lowest BCUT2D eigenvalue weighted by Crippen LogP contribution is -2.39. The van der Waals surface area contributed by atoms with E-state index in [1.165, 1.54) is 18.4 Å². The van der Waals surface area contributed by atoms with Crippen LogP contribution in [0.1, 0.15) is 43.6 Å². The molecule has 3 aromatic rings. The topological polar surface area (TPSA) is 68.0 Å². The Kier molecular flexibility index (Phi) is 5.51. The number of nitrogens with zero attached hydrogens (tertiary/aromatic N) is 2. The van der Waals surface area contributed by atoms with Crippen LogP contribution in [-0.4, -0.2) is 22.6 Å². The van der Waals surface area contributed by atoms with Gasteiger partial charge >= 0.3 is 0 Å². The van der Waals surface area contributed by atoms with Crippen LogP contribution in [0.15, 0.2) is 65.2 Å². The number of aryl methyl sites for hydroxylation is 1. The lowest BCUT2D eigenvalue weighted by Gasteiger charge is -2.30. The molecule has 0 spiro atoms. The SMILES string of the molecule is O=C(CCc1nc(-c2ccccc2)no1)NCC1(c2ccccc2)CCCC1. The maximum Gasteiger partial charge on any atom is 0.227 e. The molecule has 0 atom stereocenters. The zero-order valence-electron chi connectivity index (χ0n) is 15.9. The molecule has 1 amide bonds. The van der Waals surface area contributed by atoms with Gasteiger partial charge in [-0.1, -0.05) is 78.7 Å². The van der Waals surface area contributed by atoms with E-state index in [4.69, 9.17) is 4.52 Å². The molecule has 1 aliphatic rings. The summed E-state index contributed by atoms with van der Waals surface area (Å²) in [6.07, 6.45) is 5.48. The van der Waals surface area contributed by atoms with Gasteiger partial charge in [-0.2, -0.15) is 4.98 Å². The van der Waals surface area contributed by atoms with E-state index in [1.807, 2.05) is 36.4 Å². The van der Waals surface area contributed by atoms with Gasteiger partial charge in [0.1, 0.15) is 0 Å². The minimum Gasteiger partial charge on any atom is -0.355 e. The second-order valence-corrected chi connectivity index (χ2v) is 7.51. The number of hydrogen-bond donors (Lipinski definition) is 1. The molecule has 1 N–H and O–H groups in total. The van der Waals surface area contributed by atoms with Crippen molar-refractivity contribution in [3.8, 4) is 11.4 Å². The molecule has 0 radical (unpaired) electrons. The highest BCUT2D eigenvalue weighted by Crippen LogP contribution is 2.40. The van der Waals surface area contributed by atoms with Gasteiger partial charge in [-0.05, 0) is 18.4 Å². The molecule has 0 bridgehead atoms. The van der Waals surface area contributed by atoms with Crippen molar-refractivity contribution in [3.63, 3.8) is 0 Å². The lowest BCUT2D eigenvalue weighted by atomic mass is 9.79. The minimum atomic E-state index is 0.0293. The normalized spacial score (nSPS) is 15.4. The second kappa shape index (κ2) is 8.38. The monoisotopic (exact) mass is 375 g/mol. The number of nitrogens with one attached hydrogen (secondary N) is 1. The number of benzene rings is 2. The molecule has 28 heavy (non-hydrogen) atoms. The van der Waals surface area contributed by atoms with Crippen LogP contribution in [0.4, 0.5) is 0 Å². The Morgan fingerprint density at radius 1 is 1.00 bits per heavy atom. The van der Waals surface area contributed by atoms with Crippen molar-refractivity contribution < 1.29 is 9.32 Å². The van der Waals surface area contributed by atoms with Crippen LogP contribution in [0.25, 0.3) is 11.4 Å². The van der Waals surface area contributed by atoms with Gasteiger partial charge in [0, 0.05) is 30.4 Å². The maximum absolute atomic E-state index is 12.4. The molecule has 1 aliphatic carbocycles. The fourth-order valence-corrected chi connectivity index (χ4v) is 4.05. The average molecular weight is 375 g/mol. The largest absolute Gasteiger partial charge is 0.355 e. The lowest BCUT2D eigenvalue weighted by molar-refractivity contribution is -0.121. The summed E-state index contributed by atoms with van der Waals surface area (Å²) < 4.78 is 5.30. The molecule has 144 valence electrons. The summed E-state index contributed by atoms with van der Waals surface area (Å²) in [7, 11) is 0. The van der Waals surface area contributed by atoms with Crippen LogP contribution in [-0.2, 0) is 16.6 Å². The maximum atomic E-state index is 12.4. The van der Waals surface area contributed by atoms with Crippen LogP contribution < -0.4 is 5.32 Å². The highest BCUT2D eigenvalue weighted by Gasteiger charge is 2.35. The first-order chi connectivity index (χ1) is 13.8. The van der Waals surface area contributed by atoms with Crippen LogP contribution in [0.2, 0.25) is 0 Å². The van der Waals surface area contributed by atoms with Crippen molar-refractivity contribution in [3.05, 3.63) is 72.1 Å². The molecule has 0 unspecified atom stereocenters. The van der Waals surface area contributed by atoms with Crippen molar-refractivity contribution >= 4 is 5.91 Å². The van der Waals surface area contributed by atoms with Crippen LogP contribution >= 0.6 is 0 Å². The van der Waals surface area contributed by atoms with E-state index in [-0.39, 0.29) is 11.3 Å². The first-order valence-electron chi connectivity index (χ1n) is 9.95. The van der Waals surface area contributed by atoms with E-state index in [0.29, 0.717) is 31.1 Å². The van der Waals surface area contributed by atoms with E-state index >= 15 is 0 Å². The van der Waals surface area contributed by atoms with Crippen molar-refractivity contribution in [2.75, 3.05) is 6.54 Å². The van der Waals surface area contributed by atoms with Gasteiger partial charge in [0.15, 0.2) is 0 Å². The third kappa shape index (κ3) is 4.14. The molecule has 0 aliphatic heterocycles. The Morgan fingerprint density at radius 2 is 1.68 bits per heavy atom. The smallest absolute Gasteiger partial charge is 0.227 e. The molecule has 5 nitrogen and oxygen atoms in total. The van der Waals surface area contributed by atoms with Gasteiger partial charge in [-0.15, -0.1) is 0 Å². The second-order valence-electron chi connectivity index (χ2n) is 7.51. The summed E-state index contributed by atoms with van der Waals surface area (Å²) in [6, 6.07) is 20.3. The number of carbonyl (C=O) groups is 1. The first-order valence-corrected chi connectivity index (χ1v) is 9.95. The summed E-state index contributed by atoms with van der Waals surface area (Å²) in [6.45, 7) is 0.689. The fraction of sp³-hybridized carbons (Fsp3) is 0.348.